The van der Waals surface area contributed by atoms with Crippen molar-refractivity contribution in [2.24, 2.45) is 0 Å². The summed E-state index contributed by atoms with van der Waals surface area (Å²) in [5, 5.41) is 0. The van der Waals surface area contributed by atoms with Crippen LogP contribution < -0.4 is 4.74 Å². The molecule has 3 aromatic rings. The fraction of sp³-hybridized carbons (Fsp3) is 0.320. The number of ether oxygens (including phenoxy) is 1. The summed E-state index contributed by atoms with van der Waals surface area (Å²) in [6, 6.07) is 14.1. The van der Waals surface area contributed by atoms with Gasteiger partial charge in [0, 0.05) is 13.0 Å². The van der Waals surface area contributed by atoms with E-state index in [9.17, 15) is 26.4 Å². The molecule has 0 saturated carbocycles. The van der Waals surface area contributed by atoms with Crippen LogP contribution >= 0.6 is 22.9 Å². The number of rotatable bonds is 9. The maximum atomic E-state index is 13.1. The van der Waals surface area contributed by atoms with Crippen LogP contribution in [-0.2, 0) is 34.0 Å². The number of alkyl halides is 3. The van der Waals surface area contributed by atoms with Gasteiger partial charge in [-0.3, -0.25) is 4.79 Å². The molecule has 0 radical (unpaired) electrons. The molecule has 2 heterocycles. The first-order chi connectivity index (χ1) is 17.1. The van der Waals surface area contributed by atoms with Crippen LogP contribution in [-0.4, -0.2) is 31.1 Å². The maximum Gasteiger partial charge on any atom is 0.416 e. The third-order valence-corrected chi connectivity index (χ3v) is 9.63. The summed E-state index contributed by atoms with van der Waals surface area (Å²) in [4.78, 5) is 13.1. The summed E-state index contributed by atoms with van der Waals surface area (Å²) < 4.78 is 71.8. The fourth-order valence-corrected chi connectivity index (χ4v) is 7.46. The standard InChI is InChI=1S/C25H23ClF3NO4S2/c26-23-13-14-24(35-23)36(32,33)30-15-3-6-21(30)22(31)12-7-17-4-1-2-5-18(17)16-34-20-10-8-19(9-11-20)25(27,28)29/h1-2,4-5,8-11,13-14,21H,3,6-7,12,15-16H2/t21-/m0/s1. The van der Waals surface area contributed by atoms with E-state index in [0.29, 0.717) is 29.3 Å². The predicted octanol–water partition coefficient (Wildman–Crippen LogP) is 6.35. The van der Waals surface area contributed by atoms with Crippen molar-refractivity contribution in [1.29, 1.82) is 0 Å². The largest absolute Gasteiger partial charge is 0.489 e. The molecule has 0 N–H and O–H groups in total. The van der Waals surface area contributed by atoms with Gasteiger partial charge in [0.25, 0.3) is 10.0 Å². The number of hydrogen-bond acceptors (Lipinski definition) is 5. The van der Waals surface area contributed by atoms with Crippen LogP contribution in [0.3, 0.4) is 0 Å². The summed E-state index contributed by atoms with van der Waals surface area (Å²) in [5.41, 5.74) is 0.906. The van der Waals surface area contributed by atoms with Crippen LogP contribution in [0.5, 0.6) is 5.75 Å². The van der Waals surface area contributed by atoms with Gasteiger partial charge in [-0.2, -0.15) is 17.5 Å². The van der Waals surface area contributed by atoms with E-state index in [4.69, 9.17) is 16.3 Å². The predicted molar refractivity (Wildman–Crippen MR) is 132 cm³/mol. The second-order valence-electron chi connectivity index (χ2n) is 8.38. The molecule has 0 spiro atoms. The second kappa shape index (κ2) is 10.9. The molecular weight excluding hydrogens is 535 g/mol. The van der Waals surface area contributed by atoms with Crippen molar-refractivity contribution in [3.8, 4) is 5.75 Å². The van der Waals surface area contributed by atoms with Crippen LogP contribution in [0, 0.1) is 0 Å². The minimum Gasteiger partial charge on any atom is -0.489 e. The Kier molecular flexibility index (Phi) is 8.09. The first-order valence-corrected chi connectivity index (χ1v) is 13.9. The van der Waals surface area contributed by atoms with Crippen molar-refractivity contribution in [2.45, 2.75) is 48.7 Å². The highest BCUT2D eigenvalue weighted by atomic mass is 35.5. The molecule has 1 aliphatic heterocycles. The van der Waals surface area contributed by atoms with Crippen LogP contribution in [0.25, 0.3) is 0 Å². The summed E-state index contributed by atoms with van der Waals surface area (Å²) in [7, 11) is -3.80. The lowest BCUT2D eigenvalue weighted by Gasteiger charge is -2.22. The Morgan fingerprint density at radius 3 is 2.39 bits per heavy atom. The van der Waals surface area contributed by atoms with Gasteiger partial charge in [-0.05, 0) is 66.8 Å². The summed E-state index contributed by atoms with van der Waals surface area (Å²) in [5.74, 6) is 0.145. The number of halogens is 4. The zero-order chi connectivity index (χ0) is 25.9. The van der Waals surface area contributed by atoms with Crippen molar-refractivity contribution in [3.05, 3.63) is 81.7 Å². The Morgan fingerprint density at radius 1 is 1.06 bits per heavy atom. The van der Waals surface area contributed by atoms with Gasteiger partial charge in [0.15, 0.2) is 5.78 Å². The van der Waals surface area contributed by atoms with Crippen molar-refractivity contribution >= 4 is 38.7 Å². The first-order valence-electron chi connectivity index (χ1n) is 11.2. The van der Waals surface area contributed by atoms with Gasteiger partial charge in [0.1, 0.15) is 16.6 Å². The molecule has 11 heteroatoms. The smallest absolute Gasteiger partial charge is 0.416 e. The highest BCUT2D eigenvalue weighted by molar-refractivity contribution is 7.91. The Hall–Kier alpha value is -2.40. The number of sulfonamides is 1. The zero-order valence-electron chi connectivity index (χ0n) is 19.0. The lowest BCUT2D eigenvalue weighted by atomic mass is 9.99. The molecule has 1 aromatic heterocycles. The second-order valence-corrected chi connectivity index (χ2v) is 12.2. The van der Waals surface area contributed by atoms with Gasteiger partial charge in [0.2, 0.25) is 0 Å². The molecule has 36 heavy (non-hydrogen) atoms. The molecule has 192 valence electrons. The van der Waals surface area contributed by atoms with Gasteiger partial charge < -0.3 is 4.74 Å². The van der Waals surface area contributed by atoms with E-state index in [2.05, 4.69) is 0 Å². The minimum atomic E-state index is -4.41. The first kappa shape index (κ1) is 26.7. The van der Waals surface area contributed by atoms with Gasteiger partial charge in [0.05, 0.1) is 15.9 Å². The third kappa shape index (κ3) is 6.11. The van der Waals surface area contributed by atoms with E-state index >= 15 is 0 Å². The normalized spacial score (nSPS) is 16.8. The number of thiophene rings is 1. The maximum absolute atomic E-state index is 13.1. The number of aryl methyl sites for hydroxylation is 1. The fourth-order valence-electron chi connectivity index (χ4n) is 4.17. The molecule has 4 rings (SSSR count). The molecule has 0 amide bonds. The van der Waals surface area contributed by atoms with Crippen molar-refractivity contribution in [3.63, 3.8) is 0 Å². The van der Waals surface area contributed by atoms with Crippen LogP contribution in [0.2, 0.25) is 4.34 Å². The van der Waals surface area contributed by atoms with E-state index in [1.807, 2.05) is 24.3 Å². The molecule has 1 saturated heterocycles. The van der Waals surface area contributed by atoms with Crippen molar-refractivity contribution in [1.82, 2.24) is 4.31 Å². The lowest BCUT2D eigenvalue weighted by Crippen LogP contribution is -2.40. The molecule has 1 fully saturated rings. The van der Waals surface area contributed by atoms with E-state index < -0.39 is 27.8 Å². The van der Waals surface area contributed by atoms with Gasteiger partial charge in [-0.15, -0.1) is 11.3 Å². The summed E-state index contributed by atoms with van der Waals surface area (Å²) >= 11 is 6.88. The van der Waals surface area contributed by atoms with Crippen LogP contribution in [0.15, 0.2) is 64.9 Å². The lowest BCUT2D eigenvalue weighted by molar-refractivity contribution is -0.137. The van der Waals surface area contributed by atoms with Gasteiger partial charge in [-0.25, -0.2) is 8.42 Å². The number of hydrogen-bond donors (Lipinski definition) is 0. The van der Waals surface area contributed by atoms with Gasteiger partial charge in [-0.1, -0.05) is 35.9 Å². The third-order valence-electron chi connectivity index (χ3n) is 6.02. The molecule has 2 aromatic carbocycles. The average Bonchev–Trinajstić information content (AvgIpc) is 3.52. The zero-order valence-corrected chi connectivity index (χ0v) is 21.4. The number of ketones is 1. The number of benzene rings is 2. The Morgan fingerprint density at radius 2 is 1.75 bits per heavy atom. The van der Waals surface area contributed by atoms with Crippen molar-refractivity contribution < 1.29 is 31.1 Å². The molecule has 0 bridgehead atoms. The van der Waals surface area contributed by atoms with E-state index in [-0.39, 0.29) is 29.6 Å². The Bertz CT molecular complexity index is 1320. The van der Waals surface area contributed by atoms with E-state index in [0.717, 1.165) is 34.6 Å². The number of nitrogens with zero attached hydrogens (tertiary/aromatic N) is 1. The monoisotopic (exact) mass is 557 g/mol. The van der Waals surface area contributed by atoms with E-state index in [1.54, 1.807) is 0 Å². The Labute approximate surface area is 216 Å². The van der Waals surface area contributed by atoms with Gasteiger partial charge >= 0.3 is 6.18 Å². The summed E-state index contributed by atoms with van der Waals surface area (Å²) in [6.45, 7) is 0.407. The minimum absolute atomic E-state index is 0.123. The number of Topliss-reactive ketones (excluding diaryl/α,β-unsaturated/α-hetero) is 1. The SMILES string of the molecule is O=C(CCc1ccccc1COc1ccc(C(F)(F)F)cc1)[C@@H]1CCCN1S(=O)(=O)c1ccc(Cl)s1. The molecule has 0 aliphatic carbocycles. The molecule has 1 atom stereocenters. The highest BCUT2D eigenvalue weighted by Crippen LogP contribution is 2.33. The van der Waals surface area contributed by atoms with Crippen molar-refractivity contribution in [2.75, 3.05) is 6.54 Å². The van der Waals surface area contributed by atoms with Crippen LogP contribution in [0.1, 0.15) is 36.0 Å². The Balaban J connectivity index is 1.39. The highest BCUT2D eigenvalue weighted by Gasteiger charge is 2.39. The molecule has 5 nitrogen and oxygen atoms in total. The van der Waals surface area contributed by atoms with E-state index in [1.165, 1.54) is 28.6 Å². The average molecular weight is 558 g/mol. The molecule has 0 unspecified atom stereocenters. The summed E-state index contributed by atoms with van der Waals surface area (Å²) in [6.07, 6.45) is -2.80. The molecule has 1 aliphatic rings. The topological polar surface area (TPSA) is 63.7 Å². The molecular formula is C25H23ClF3NO4S2. The van der Waals surface area contributed by atoms with Crippen LogP contribution in [0.4, 0.5) is 13.2 Å². The number of carbonyl (C=O) groups excluding carboxylic acids is 1. The quantitative estimate of drug-likeness (QED) is 0.307. The number of carbonyl (C=O) groups is 1.